The van der Waals surface area contributed by atoms with Crippen molar-refractivity contribution in [2.75, 3.05) is 0 Å². The van der Waals surface area contributed by atoms with Gasteiger partial charge in [-0.05, 0) is 6.92 Å². The Morgan fingerprint density at radius 2 is 2.15 bits per heavy atom. The van der Waals surface area contributed by atoms with Crippen LogP contribution in [0.15, 0.2) is 0 Å². The van der Waals surface area contributed by atoms with Crippen LogP contribution >= 0.6 is 0 Å². The molecule has 0 spiro atoms. The fourth-order valence-electron chi connectivity index (χ4n) is 1.47. The summed E-state index contributed by atoms with van der Waals surface area (Å²) in [4.78, 5) is 10.7. The molecular weight excluding hydrogens is 174 g/mol. The second-order valence-corrected chi connectivity index (χ2v) is 3.33. The maximum Gasteiger partial charge on any atom is 0.217 e. The van der Waals surface area contributed by atoms with Crippen LogP contribution in [0.2, 0.25) is 0 Å². The molecular formula is C8H15NO4. The van der Waals surface area contributed by atoms with Crippen molar-refractivity contribution in [2.24, 2.45) is 0 Å². The number of amides is 1. The van der Waals surface area contributed by atoms with Gasteiger partial charge in [-0.1, -0.05) is 0 Å². The van der Waals surface area contributed by atoms with Crippen LogP contribution in [-0.4, -0.2) is 40.7 Å². The van der Waals surface area contributed by atoms with Crippen LogP contribution in [0.5, 0.6) is 0 Å². The van der Waals surface area contributed by atoms with E-state index in [1.165, 1.54) is 6.92 Å². The van der Waals surface area contributed by atoms with Gasteiger partial charge in [0.25, 0.3) is 0 Å². The highest BCUT2D eigenvalue weighted by atomic mass is 16.6. The van der Waals surface area contributed by atoms with E-state index in [4.69, 9.17) is 4.74 Å². The van der Waals surface area contributed by atoms with E-state index in [0.717, 1.165) is 0 Å². The molecule has 76 valence electrons. The van der Waals surface area contributed by atoms with Crippen LogP contribution < -0.4 is 5.32 Å². The lowest BCUT2D eigenvalue weighted by Gasteiger charge is -2.35. The van der Waals surface area contributed by atoms with Crippen molar-refractivity contribution >= 4 is 5.91 Å². The van der Waals surface area contributed by atoms with Gasteiger partial charge >= 0.3 is 0 Å². The first kappa shape index (κ1) is 10.4. The zero-order valence-corrected chi connectivity index (χ0v) is 7.73. The first-order valence-corrected chi connectivity index (χ1v) is 4.29. The average molecular weight is 189 g/mol. The number of aliphatic hydroxyl groups excluding tert-OH is 2. The fourth-order valence-corrected chi connectivity index (χ4v) is 1.47. The van der Waals surface area contributed by atoms with Crippen molar-refractivity contribution in [1.29, 1.82) is 0 Å². The van der Waals surface area contributed by atoms with Gasteiger partial charge in [-0.25, -0.2) is 0 Å². The molecule has 0 aliphatic carbocycles. The minimum Gasteiger partial charge on any atom is -0.388 e. The van der Waals surface area contributed by atoms with E-state index in [0.29, 0.717) is 0 Å². The molecule has 1 rings (SSSR count). The Balaban J connectivity index is 2.55. The van der Waals surface area contributed by atoms with E-state index in [2.05, 4.69) is 5.32 Å². The first-order valence-electron chi connectivity index (χ1n) is 4.29. The number of rotatable bonds is 1. The van der Waals surface area contributed by atoms with E-state index in [-0.39, 0.29) is 12.3 Å². The SMILES string of the molecule is CC(=O)NC1C[C@@H](O)OC(C)C1O. The highest BCUT2D eigenvalue weighted by molar-refractivity contribution is 5.73. The summed E-state index contributed by atoms with van der Waals surface area (Å²) < 4.78 is 4.96. The molecule has 0 aromatic rings. The lowest BCUT2D eigenvalue weighted by molar-refractivity contribution is -0.202. The maximum absolute atomic E-state index is 10.7. The van der Waals surface area contributed by atoms with Crippen molar-refractivity contribution in [1.82, 2.24) is 5.32 Å². The zero-order valence-electron chi connectivity index (χ0n) is 7.73. The van der Waals surface area contributed by atoms with Gasteiger partial charge in [-0.2, -0.15) is 0 Å². The van der Waals surface area contributed by atoms with E-state index in [1.807, 2.05) is 0 Å². The summed E-state index contributed by atoms with van der Waals surface area (Å²) in [6.07, 6.45) is -1.89. The van der Waals surface area contributed by atoms with Crippen molar-refractivity contribution in [3.8, 4) is 0 Å². The third-order valence-electron chi connectivity index (χ3n) is 2.11. The Morgan fingerprint density at radius 3 is 2.69 bits per heavy atom. The fraction of sp³-hybridized carbons (Fsp3) is 0.875. The summed E-state index contributed by atoms with van der Waals surface area (Å²) in [6, 6.07) is -0.420. The predicted molar refractivity (Wildman–Crippen MR) is 44.8 cm³/mol. The molecule has 4 atom stereocenters. The number of carbonyl (C=O) groups is 1. The lowest BCUT2D eigenvalue weighted by atomic mass is 10.00. The number of aliphatic hydroxyl groups is 2. The van der Waals surface area contributed by atoms with Crippen molar-refractivity contribution in [3.63, 3.8) is 0 Å². The van der Waals surface area contributed by atoms with Gasteiger partial charge in [0, 0.05) is 13.3 Å². The molecule has 1 aliphatic heterocycles. The van der Waals surface area contributed by atoms with Crippen LogP contribution in [0.25, 0.3) is 0 Å². The summed E-state index contributed by atoms with van der Waals surface area (Å²) in [5.41, 5.74) is 0. The monoisotopic (exact) mass is 189 g/mol. The molecule has 5 nitrogen and oxygen atoms in total. The molecule has 1 heterocycles. The van der Waals surface area contributed by atoms with Gasteiger partial charge in [-0.3, -0.25) is 4.79 Å². The quantitative estimate of drug-likeness (QED) is 0.493. The van der Waals surface area contributed by atoms with Gasteiger partial charge in [0.1, 0.15) is 6.10 Å². The summed E-state index contributed by atoms with van der Waals surface area (Å²) >= 11 is 0. The molecule has 0 saturated carbocycles. The number of nitrogens with one attached hydrogen (secondary N) is 1. The third kappa shape index (κ3) is 2.65. The highest BCUT2D eigenvalue weighted by Gasteiger charge is 2.34. The van der Waals surface area contributed by atoms with E-state index < -0.39 is 24.5 Å². The number of hydrogen-bond acceptors (Lipinski definition) is 4. The van der Waals surface area contributed by atoms with Crippen LogP contribution in [0.3, 0.4) is 0 Å². The van der Waals surface area contributed by atoms with Gasteiger partial charge < -0.3 is 20.3 Å². The molecule has 5 heteroatoms. The van der Waals surface area contributed by atoms with E-state index in [1.54, 1.807) is 6.92 Å². The van der Waals surface area contributed by atoms with Crippen LogP contribution in [-0.2, 0) is 9.53 Å². The second kappa shape index (κ2) is 4.04. The topological polar surface area (TPSA) is 78.8 Å². The summed E-state index contributed by atoms with van der Waals surface area (Å²) in [5, 5.41) is 21.3. The van der Waals surface area contributed by atoms with Crippen molar-refractivity contribution in [2.45, 2.75) is 44.8 Å². The molecule has 1 aliphatic rings. The Kier molecular flexibility index (Phi) is 3.24. The third-order valence-corrected chi connectivity index (χ3v) is 2.11. The lowest BCUT2D eigenvalue weighted by Crippen LogP contribution is -2.54. The van der Waals surface area contributed by atoms with Gasteiger partial charge in [0.2, 0.25) is 5.91 Å². The van der Waals surface area contributed by atoms with Crippen molar-refractivity contribution < 1.29 is 19.7 Å². The number of ether oxygens (including phenoxy) is 1. The van der Waals surface area contributed by atoms with Crippen LogP contribution in [0, 0.1) is 0 Å². The predicted octanol–water partition coefficient (Wildman–Crippen LogP) is -1.02. The Labute approximate surface area is 76.7 Å². The van der Waals surface area contributed by atoms with Crippen molar-refractivity contribution in [3.05, 3.63) is 0 Å². The largest absolute Gasteiger partial charge is 0.388 e. The van der Waals surface area contributed by atoms with E-state index >= 15 is 0 Å². The minimum absolute atomic E-state index is 0.217. The molecule has 1 fully saturated rings. The van der Waals surface area contributed by atoms with Gasteiger partial charge in [-0.15, -0.1) is 0 Å². The molecule has 1 saturated heterocycles. The molecule has 3 N–H and O–H groups in total. The maximum atomic E-state index is 10.7. The molecule has 3 unspecified atom stereocenters. The molecule has 1 amide bonds. The average Bonchev–Trinajstić information content (AvgIpc) is 1.98. The van der Waals surface area contributed by atoms with Gasteiger partial charge in [0.15, 0.2) is 6.29 Å². The highest BCUT2D eigenvalue weighted by Crippen LogP contribution is 2.18. The van der Waals surface area contributed by atoms with Crippen LogP contribution in [0.4, 0.5) is 0 Å². The van der Waals surface area contributed by atoms with Gasteiger partial charge in [0.05, 0.1) is 12.1 Å². The standard InChI is InChI=1S/C8H15NO4/c1-4-8(12)6(9-5(2)10)3-7(11)13-4/h4,6-8,11-12H,3H2,1-2H3,(H,9,10)/t4?,6?,7-,8?/m0/s1. The number of hydrogen-bond donors (Lipinski definition) is 3. The molecule has 13 heavy (non-hydrogen) atoms. The summed E-state index contributed by atoms with van der Waals surface area (Å²) in [5.74, 6) is -0.217. The second-order valence-electron chi connectivity index (χ2n) is 3.33. The first-order chi connectivity index (χ1) is 6.00. The summed E-state index contributed by atoms with van der Waals surface area (Å²) in [7, 11) is 0. The Hall–Kier alpha value is -0.650. The molecule has 0 radical (unpaired) electrons. The molecule has 0 aromatic carbocycles. The Bertz CT molecular complexity index is 197. The molecule has 0 bridgehead atoms. The Morgan fingerprint density at radius 1 is 1.54 bits per heavy atom. The smallest absolute Gasteiger partial charge is 0.217 e. The van der Waals surface area contributed by atoms with E-state index in [9.17, 15) is 15.0 Å². The normalized spacial score (nSPS) is 40.0. The van der Waals surface area contributed by atoms with Crippen LogP contribution in [0.1, 0.15) is 20.3 Å². The number of carbonyl (C=O) groups excluding carboxylic acids is 1. The minimum atomic E-state index is -0.907. The summed E-state index contributed by atoms with van der Waals surface area (Å²) in [6.45, 7) is 3.03. The molecule has 0 aromatic heterocycles. The zero-order chi connectivity index (χ0) is 10.0.